The minimum absolute atomic E-state index is 0.0981. The normalized spacial score (nSPS) is 30.9. The van der Waals surface area contributed by atoms with E-state index >= 15 is 0 Å². The van der Waals surface area contributed by atoms with Crippen LogP contribution in [0.25, 0.3) is 0 Å². The molecule has 2 aliphatic carbocycles. The first-order chi connectivity index (χ1) is 12.9. The minimum Gasteiger partial charge on any atom is -0.481 e. The highest BCUT2D eigenvalue weighted by Crippen LogP contribution is 2.50. The van der Waals surface area contributed by atoms with Crippen LogP contribution in [0.15, 0.2) is 23.8 Å². The van der Waals surface area contributed by atoms with Gasteiger partial charge in [-0.2, -0.15) is 0 Å². The Kier molecular flexibility index (Phi) is 8.95. The third-order valence-corrected chi connectivity index (χ3v) is 6.64. The summed E-state index contributed by atoms with van der Waals surface area (Å²) < 4.78 is 0. The molecule has 2 fully saturated rings. The van der Waals surface area contributed by atoms with Crippen molar-refractivity contribution in [1.29, 1.82) is 0 Å². The number of rotatable bonds is 9. The highest BCUT2D eigenvalue weighted by molar-refractivity contribution is 8.00. The zero-order chi connectivity index (χ0) is 19.8. The Hall–Kier alpha value is -1.22. The quantitative estimate of drug-likeness (QED) is 0.239. The summed E-state index contributed by atoms with van der Waals surface area (Å²) in [5.41, 5.74) is 0.833. The summed E-state index contributed by atoms with van der Waals surface area (Å²) in [5, 5.41) is 29.6. The van der Waals surface area contributed by atoms with Crippen LogP contribution in [0.5, 0.6) is 0 Å². The Morgan fingerprint density at radius 2 is 2.19 bits per heavy atom. The molecule has 27 heavy (non-hydrogen) atoms. The van der Waals surface area contributed by atoms with E-state index in [1.165, 1.54) is 17.3 Å². The molecule has 0 bridgehead atoms. The number of carbonyl (C=O) groups is 1. The number of aliphatic carboxylic acids is 1. The van der Waals surface area contributed by atoms with Crippen molar-refractivity contribution < 1.29 is 20.1 Å². The Morgan fingerprint density at radius 3 is 2.89 bits per heavy atom. The van der Waals surface area contributed by atoms with E-state index in [0.717, 1.165) is 32.1 Å². The second kappa shape index (κ2) is 10.9. The lowest BCUT2D eigenvalue weighted by Crippen LogP contribution is -2.17. The van der Waals surface area contributed by atoms with Crippen molar-refractivity contribution in [2.75, 3.05) is 0 Å². The van der Waals surface area contributed by atoms with Gasteiger partial charge in [-0.1, -0.05) is 24.6 Å². The van der Waals surface area contributed by atoms with Crippen molar-refractivity contribution in [2.45, 2.75) is 75.6 Å². The molecule has 2 rings (SSSR count). The molecule has 0 saturated heterocycles. The minimum atomic E-state index is -0.738. The fraction of sp³-hybridized carbons (Fsp3) is 0.682. The standard InChI is InChI=1S/C22H32O4S/c1-3-4-7-15(2)27-22(26)11-10-18-19-13-16(8-5-6-9-21(24)25)12-17(19)14-20(18)23/h8,10-11,15,17-20,22-23,26H,5-7,9,12-14H2,1-2H3,(H,24,25)/b11-10+,16-8+/t15-,17+,18-,19+,20-,22+/m1/s1. The van der Waals surface area contributed by atoms with Gasteiger partial charge in [-0.05, 0) is 56.9 Å². The van der Waals surface area contributed by atoms with Gasteiger partial charge in [-0.15, -0.1) is 23.6 Å². The van der Waals surface area contributed by atoms with E-state index in [1.54, 1.807) is 0 Å². The van der Waals surface area contributed by atoms with E-state index in [4.69, 9.17) is 5.11 Å². The van der Waals surface area contributed by atoms with E-state index in [1.807, 2.05) is 19.1 Å². The summed E-state index contributed by atoms with van der Waals surface area (Å²) in [6.45, 7) is 3.88. The van der Waals surface area contributed by atoms with E-state index in [2.05, 4.69) is 24.8 Å². The van der Waals surface area contributed by atoms with Gasteiger partial charge in [0.15, 0.2) is 0 Å². The predicted molar refractivity (Wildman–Crippen MR) is 110 cm³/mol. The summed E-state index contributed by atoms with van der Waals surface area (Å²) in [6, 6.07) is 0. The molecule has 0 aromatic heterocycles. The molecule has 150 valence electrons. The third kappa shape index (κ3) is 7.03. The van der Waals surface area contributed by atoms with Gasteiger partial charge < -0.3 is 15.3 Å². The predicted octanol–water partition coefficient (Wildman–Crippen LogP) is 3.98. The number of carboxylic acids is 1. The highest BCUT2D eigenvalue weighted by Gasteiger charge is 2.44. The first-order valence-corrected chi connectivity index (χ1v) is 10.8. The summed E-state index contributed by atoms with van der Waals surface area (Å²) >= 11 is 1.49. The number of aliphatic hydroxyl groups excluding tert-OH is 2. The van der Waals surface area contributed by atoms with Crippen LogP contribution >= 0.6 is 11.8 Å². The molecule has 0 unspecified atom stereocenters. The average Bonchev–Trinajstić information content (AvgIpc) is 3.11. The van der Waals surface area contributed by atoms with Gasteiger partial charge in [-0.3, -0.25) is 4.79 Å². The summed E-state index contributed by atoms with van der Waals surface area (Å²) in [7, 11) is 0. The topological polar surface area (TPSA) is 77.8 Å². The van der Waals surface area contributed by atoms with Crippen LogP contribution in [0.2, 0.25) is 0 Å². The zero-order valence-corrected chi connectivity index (χ0v) is 17.1. The zero-order valence-electron chi connectivity index (χ0n) is 16.3. The number of carboxylic acid groups (broad SMARTS) is 1. The first kappa shape index (κ1) is 22.1. The smallest absolute Gasteiger partial charge is 0.303 e. The molecular weight excluding hydrogens is 360 g/mol. The molecule has 6 atom stereocenters. The lowest BCUT2D eigenvalue weighted by Gasteiger charge is -2.18. The highest BCUT2D eigenvalue weighted by atomic mass is 32.2. The SMILES string of the molecule is CC#CC[C@@H](C)S[C@H](O)/C=C/[C@@H]1[C@H]2C/C(=C/CCCC(=O)O)C[C@H]2C[C@H]1O. The molecule has 2 aliphatic rings. The molecule has 0 aromatic rings. The van der Waals surface area contributed by atoms with Gasteiger partial charge in [0.2, 0.25) is 0 Å². The van der Waals surface area contributed by atoms with Crippen LogP contribution in [-0.2, 0) is 4.79 Å². The summed E-state index contributed by atoms with van der Waals surface area (Å²) in [6.07, 6.45) is 11.0. The van der Waals surface area contributed by atoms with Gasteiger partial charge in [0, 0.05) is 24.0 Å². The monoisotopic (exact) mass is 392 g/mol. The molecule has 4 nitrogen and oxygen atoms in total. The number of allylic oxidation sites excluding steroid dienone is 2. The number of hydrogen-bond donors (Lipinski definition) is 3. The summed E-state index contributed by atoms with van der Waals surface area (Å²) in [4.78, 5) is 10.6. The van der Waals surface area contributed by atoms with E-state index in [9.17, 15) is 15.0 Å². The van der Waals surface area contributed by atoms with Crippen molar-refractivity contribution in [3.8, 4) is 11.8 Å². The van der Waals surface area contributed by atoms with Crippen molar-refractivity contribution in [1.82, 2.24) is 0 Å². The maximum Gasteiger partial charge on any atom is 0.303 e. The second-order valence-corrected chi connectivity index (χ2v) is 9.27. The van der Waals surface area contributed by atoms with E-state index < -0.39 is 11.4 Å². The molecule has 5 heteroatoms. The third-order valence-electron chi connectivity index (χ3n) is 5.57. The second-order valence-electron chi connectivity index (χ2n) is 7.71. The maximum absolute atomic E-state index is 10.6. The molecule has 3 N–H and O–H groups in total. The number of thioether (sulfide) groups is 1. The molecule has 0 amide bonds. The lowest BCUT2D eigenvalue weighted by atomic mass is 9.91. The molecule has 0 radical (unpaired) electrons. The van der Waals surface area contributed by atoms with Crippen LogP contribution < -0.4 is 0 Å². The van der Waals surface area contributed by atoms with E-state index in [-0.39, 0.29) is 23.7 Å². The average molecular weight is 393 g/mol. The number of fused-ring (bicyclic) bond motifs is 1. The number of aliphatic hydroxyl groups is 2. The lowest BCUT2D eigenvalue weighted by molar-refractivity contribution is -0.137. The Balaban J connectivity index is 1.85. The van der Waals surface area contributed by atoms with E-state index in [0.29, 0.717) is 18.3 Å². The molecule has 0 spiro atoms. The molecule has 0 aromatic carbocycles. The van der Waals surface area contributed by atoms with Gasteiger partial charge >= 0.3 is 5.97 Å². The van der Waals surface area contributed by atoms with Gasteiger partial charge in [0.05, 0.1) is 6.10 Å². The van der Waals surface area contributed by atoms with Crippen LogP contribution in [-0.4, -0.2) is 38.1 Å². The van der Waals surface area contributed by atoms with Gasteiger partial charge in [-0.25, -0.2) is 0 Å². The molecular formula is C22H32O4S. The van der Waals surface area contributed by atoms with Crippen molar-refractivity contribution in [3.63, 3.8) is 0 Å². The van der Waals surface area contributed by atoms with Crippen molar-refractivity contribution in [2.24, 2.45) is 17.8 Å². The van der Waals surface area contributed by atoms with Crippen molar-refractivity contribution in [3.05, 3.63) is 23.8 Å². The van der Waals surface area contributed by atoms with Gasteiger partial charge in [0.25, 0.3) is 0 Å². The maximum atomic E-state index is 10.6. The Bertz CT molecular complexity index is 616. The van der Waals surface area contributed by atoms with Crippen molar-refractivity contribution >= 4 is 17.7 Å². The Morgan fingerprint density at radius 1 is 1.41 bits per heavy atom. The number of unbranched alkanes of at least 4 members (excludes halogenated alkanes) is 1. The molecule has 0 heterocycles. The Labute approximate surface area is 167 Å². The number of hydrogen-bond acceptors (Lipinski definition) is 4. The van der Waals surface area contributed by atoms with Crippen LogP contribution in [0, 0.1) is 29.6 Å². The first-order valence-electron chi connectivity index (χ1n) is 9.90. The molecule has 0 aliphatic heterocycles. The fourth-order valence-electron chi connectivity index (χ4n) is 4.30. The fourth-order valence-corrected chi connectivity index (χ4v) is 5.14. The van der Waals surface area contributed by atoms with Crippen LogP contribution in [0.3, 0.4) is 0 Å². The summed E-state index contributed by atoms with van der Waals surface area (Å²) in [5.74, 6) is 6.21. The molecule has 2 saturated carbocycles. The van der Waals surface area contributed by atoms with Crippen LogP contribution in [0.4, 0.5) is 0 Å². The largest absolute Gasteiger partial charge is 0.481 e. The van der Waals surface area contributed by atoms with Gasteiger partial charge in [0.1, 0.15) is 5.44 Å². The van der Waals surface area contributed by atoms with Crippen LogP contribution in [0.1, 0.15) is 58.8 Å².